The predicted octanol–water partition coefficient (Wildman–Crippen LogP) is 5.07. The average Bonchev–Trinajstić information content (AvgIpc) is 3.35. The van der Waals surface area contributed by atoms with Crippen molar-refractivity contribution < 1.29 is 9.34 Å². The highest BCUT2D eigenvalue weighted by atomic mass is 32.2. The Bertz CT molecular complexity index is 1140. The lowest BCUT2D eigenvalue weighted by atomic mass is 10.2. The number of nitrogens with zero attached hydrogens (tertiary/aromatic N) is 5. The van der Waals surface area contributed by atoms with Crippen molar-refractivity contribution in [1.29, 1.82) is 0 Å². The van der Waals surface area contributed by atoms with E-state index in [4.69, 9.17) is 4.42 Å². The summed E-state index contributed by atoms with van der Waals surface area (Å²) in [5.41, 5.74) is 0.652. The smallest absolute Gasteiger partial charge is 0.269 e. The SMILES string of the molecule is CCc1cc2c(S[C@@H](C)c3nnc(-c4ccc([N+](=O)[O-])cc4)o3)ncnc2s1. The van der Waals surface area contributed by atoms with Gasteiger partial charge in [0.25, 0.3) is 5.69 Å². The molecule has 1 aromatic carbocycles. The molecule has 0 spiro atoms. The Hall–Kier alpha value is -2.85. The van der Waals surface area contributed by atoms with Gasteiger partial charge in [-0.15, -0.1) is 21.5 Å². The van der Waals surface area contributed by atoms with Crippen LogP contribution in [-0.2, 0) is 6.42 Å². The van der Waals surface area contributed by atoms with Crippen molar-refractivity contribution in [2.24, 2.45) is 0 Å². The Balaban J connectivity index is 1.56. The van der Waals surface area contributed by atoms with Gasteiger partial charge in [0.1, 0.15) is 16.2 Å². The lowest BCUT2D eigenvalue weighted by Gasteiger charge is -2.06. The number of thioether (sulfide) groups is 1. The zero-order valence-electron chi connectivity index (χ0n) is 15.0. The zero-order chi connectivity index (χ0) is 19.7. The molecule has 3 heterocycles. The molecule has 10 heteroatoms. The number of nitro benzene ring substituents is 1. The van der Waals surface area contributed by atoms with Crippen molar-refractivity contribution in [2.75, 3.05) is 0 Å². The summed E-state index contributed by atoms with van der Waals surface area (Å²) >= 11 is 3.21. The Morgan fingerprint density at radius 3 is 2.75 bits per heavy atom. The minimum absolute atomic E-state index is 0.0161. The minimum Gasteiger partial charge on any atom is -0.419 e. The van der Waals surface area contributed by atoms with E-state index in [-0.39, 0.29) is 10.9 Å². The third-order valence-electron chi connectivity index (χ3n) is 4.09. The highest BCUT2D eigenvalue weighted by Gasteiger charge is 2.19. The molecule has 8 nitrogen and oxygen atoms in total. The highest BCUT2D eigenvalue weighted by Crippen LogP contribution is 2.39. The van der Waals surface area contributed by atoms with Crippen molar-refractivity contribution in [1.82, 2.24) is 20.2 Å². The molecule has 0 N–H and O–H groups in total. The van der Waals surface area contributed by atoms with E-state index in [0.29, 0.717) is 17.3 Å². The second kappa shape index (κ2) is 7.64. The summed E-state index contributed by atoms with van der Waals surface area (Å²) in [6.07, 6.45) is 2.53. The summed E-state index contributed by atoms with van der Waals surface area (Å²) in [7, 11) is 0. The molecule has 0 saturated carbocycles. The number of hydrogen-bond donors (Lipinski definition) is 0. The number of nitro groups is 1. The van der Waals surface area contributed by atoms with E-state index in [2.05, 4.69) is 33.2 Å². The number of non-ortho nitro benzene ring substituents is 1. The maximum atomic E-state index is 10.8. The maximum Gasteiger partial charge on any atom is 0.269 e. The molecule has 0 aliphatic carbocycles. The zero-order valence-corrected chi connectivity index (χ0v) is 16.7. The number of aromatic nitrogens is 4. The topological polar surface area (TPSA) is 108 Å². The lowest BCUT2D eigenvalue weighted by molar-refractivity contribution is -0.384. The van der Waals surface area contributed by atoms with Crippen molar-refractivity contribution in [3.05, 3.63) is 57.5 Å². The van der Waals surface area contributed by atoms with Gasteiger partial charge < -0.3 is 4.42 Å². The third kappa shape index (κ3) is 3.60. The molecule has 28 heavy (non-hydrogen) atoms. The van der Waals surface area contributed by atoms with Gasteiger partial charge in [0.15, 0.2) is 0 Å². The Kier molecular flexibility index (Phi) is 5.05. The van der Waals surface area contributed by atoms with Gasteiger partial charge in [0, 0.05) is 28.0 Å². The molecule has 0 saturated heterocycles. The van der Waals surface area contributed by atoms with E-state index in [1.807, 2.05) is 6.92 Å². The number of thiophene rings is 1. The molecule has 4 rings (SSSR count). The van der Waals surface area contributed by atoms with Crippen molar-refractivity contribution in [3.8, 4) is 11.5 Å². The number of benzene rings is 1. The average molecular weight is 413 g/mol. The van der Waals surface area contributed by atoms with Crippen LogP contribution in [0.3, 0.4) is 0 Å². The van der Waals surface area contributed by atoms with E-state index in [1.165, 1.54) is 28.8 Å². The van der Waals surface area contributed by atoms with Crippen LogP contribution >= 0.6 is 23.1 Å². The molecule has 0 radical (unpaired) electrons. The fourth-order valence-electron chi connectivity index (χ4n) is 2.61. The summed E-state index contributed by atoms with van der Waals surface area (Å²) in [6, 6.07) is 8.15. The van der Waals surface area contributed by atoms with Gasteiger partial charge in [-0.05, 0) is 31.5 Å². The first kappa shape index (κ1) is 18.5. The van der Waals surface area contributed by atoms with Crippen LogP contribution in [-0.4, -0.2) is 25.1 Å². The molecule has 0 amide bonds. The van der Waals surface area contributed by atoms with Gasteiger partial charge >= 0.3 is 0 Å². The van der Waals surface area contributed by atoms with Gasteiger partial charge in [-0.25, -0.2) is 9.97 Å². The van der Waals surface area contributed by atoms with Gasteiger partial charge in [-0.3, -0.25) is 10.1 Å². The van der Waals surface area contributed by atoms with Crippen LogP contribution in [0.4, 0.5) is 5.69 Å². The third-order valence-corrected chi connectivity index (χ3v) is 6.39. The van der Waals surface area contributed by atoms with Crippen LogP contribution < -0.4 is 0 Å². The molecular formula is C18H15N5O3S2. The fourth-order valence-corrected chi connectivity index (χ4v) is 4.53. The number of aryl methyl sites for hydroxylation is 1. The van der Waals surface area contributed by atoms with Crippen molar-refractivity contribution >= 4 is 39.0 Å². The van der Waals surface area contributed by atoms with Gasteiger partial charge in [-0.1, -0.05) is 18.7 Å². The van der Waals surface area contributed by atoms with Crippen LogP contribution in [0.5, 0.6) is 0 Å². The summed E-state index contributed by atoms with van der Waals surface area (Å²) in [4.78, 5) is 21.3. The molecular weight excluding hydrogens is 398 g/mol. The van der Waals surface area contributed by atoms with Crippen molar-refractivity contribution in [3.63, 3.8) is 0 Å². The fraction of sp³-hybridized carbons (Fsp3) is 0.222. The summed E-state index contributed by atoms with van der Waals surface area (Å²) < 4.78 is 5.79. The summed E-state index contributed by atoms with van der Waals surface area (Å²) in [5.74, 6) is 0.796. The Morgan fingerprint density at radius 1 is 1.25 bits per heavy atom. The lowest BCUT2D eigenvalue weighted by Crippen LogP contribution is -1.91. The van der Waals surface area contributed by atoms with E-state index in [0.717, 1.165) is 21.7 Å². The van der Waals surface area contributed by atoms with Gasteiger partial charge in [0.05, 0.1) is 10.2 Å². The van der Waals surface area contributed by atoms with E-state index < -0.39 is 4.92 Å². The van der Waals surface area contributed by atoms with Gasteiger partial charge in [-0.2, -0.15) is 0 Å². The predicted molar refractivity (Wildman–Crippen MR) is 107 cm³/mol. The normalized spacial score (nSPS) is 12.4. The first-order valence-corrected chi connectivity index (χ1v) is 10.2. The van der Waals surface area contributed by atoms with E-state index >= 15 is 0 Å². The maximum absolute atomic E-state index is 10.8. The molecule has 4 aromatic rings. The van der Waals surface area contributed by atoms with Crippen molar-refractivity contribution in [2.45, 2.75) is 30.5 Å². The molecule has 1 atom stereocenters. The first-order valence-electron chi connectivity index (χ1n) is 8.53. The second-order valence-corrected chi connectivity index (χ2v) is 8.42. The molecule has 0 aliphatic rings. The van der Waals surface area contributed by atoms with Crippen LogP contribution in [0.1, 0.15) is 29.9 Å². The molecule has 3 aromatic heterocycles. The van der Waals surface area contributed by atoms with Crippen LogP contribution in [0.15, 0.2) is 46.1 Å². The molecule has 0 fully saturated rings. The quantitative estimate of drug-likeness (QED) is 0.187. The van der Waals surface area contributed by atoms with Crippen LogP contribution in [0.25, 0.3) is 21.7 Å². The monoisotopic (exact) mass is 413 g/mol. The van der Waals surface area contributed by atoms with Gasteiger partial charge in [0.2, 0.25) is 11.8 Å². The van der Waals surface area contributed by atoms with E-state index in [9.17, 15) is 10.1 Å². The minimum atomic E-state index is -0.446. The Morgan fingerprint density at radius 2 is 2.04 bits per heavy atom. The van der Waals surface area contributed by atoms with E-state index in [1.54, 1.807) is 29.8 Å². The number of rotatable bonds is 6. The largest absolute Gasteiger partial charge is 0.419 e. The standard InChI is InChI=1S/C18H15N5O3S2/c1-3-13-8-14-17(19-9-20-18(14)28-13)27-10(2)15-21-22-16(26-15)11-4-6-12(7-5-11)23(24)25/h4-10H,3H2,1-2H3/t10-/m0/s1. The highest BCUT2D eigenvalue weighted by molar-refractivity contribution is 7.99. The summed E-state index contributed by atoms with van der Waals surface area (Å²) in [6.45, 7) is 4.09. The number of hydrogen-bond acceptors (Lipinski definition) is 9. The summed E-state index contributed by atoms with van der Waals surface area (Å²) in [5, 5.41) is 20.8. The number of fused-ring (bicyclic) bond motifs is 1. The van der Waals surface area contributed by atoms with Crippen LogP contribution in [0, 0.1) is 10.1 Å². The molecule has 0 bridgehead atoms. The molecule has 0 aliphatic heterocycles. The molecule has 142 valence electrons. The van der Waals surface area contributed by atoms with Crippen LogP contribution in [0.2, 0.25) is 0 Å². The molecule has 0 unspecified atom stereocenters. The first-order chi connectivity index (χ1) is 13.5. The second-order valence-electron chi connectivity index (χ2n) is 5.97. The Labute approximate surface area is 168 Å².